The molecule has 1 aliphatic rings. The van der Waals surface area contributed by atoms with Crippen LogP contribution in [0.4, 0.5) is 0 Å². The predicted molar refractivity (Wildman–Crippen MR) is 85.9 cm³/mol. The summed E-state index contributed by atoms with van der Waals surface area (Å²) < 4.78 is 0. The second-order valence-electron chi connectivity index (χ2n) is 6.27. The molecule has 0 aromatic heterocycles. The van der Waals surface area contributed by atoms with E-state index in [9.17, 15) is 4.79 Å². The molecule has 0 aliphatic heterocycles. The van der Waals surface area contributed by atoms with Gasteiger partial charge in [0, 0.05) is 12.5 Å². The Balaban J connectivity index is 1.92. The van der Waals surface area contributed by atoms with Crippen LogP contribution in [0.2, 0.25) is 0 Å². The maximum Gasteiger partial charge on any atom is 0.217 e. The van der Waals surface area contributed by atoms with Gasteiger partial charge in [-0.2, -0.15) is 0 Å². The summed E-state index contributed by atoms with van der Waals surface area (Å²) in [5.74, 6) is -0.0457. The van der Waals surface area contributed by atoms with Gasteiger partial charge in [-0.05, 0) is 52.6 Å². The lowest BCUT2D eigenvalue weighted by Gasteiger charge is -2.19. The molecule has 110 valence electrons. The molecule has 0 bridgehead atoms. The lowest BCUT2D eigenvalue weighted by molar-refractivity contribution is -0.118. The molecule has 0 saturated carbocycles. The van der Waals surface area contributed by atoms with E-state index in [-0.39, 0.29) is 17.9 Å². The number of primary amides is 1. The Labute approximate surface area is 125 Å². The fourth-order valence-electron chi connectivity index (χ4n) is 3.58. The van der Waals surface area contributed by atoms with E-state index < -0.39 is 0 Å². The lowest BCUT2D eigenvalue weighted by atomic mass is 9.90. The van der Waals surface area contributed by atoms with Crippen LogP contribution >= 0.6 is 0 Å². The molecule has 2 unspecified atom stereocenters. The number of carbonyl (C=O) groups excluding carboxylic acids is 1. The molecule has 0 spiro atoms. The number of amides is 1. The van der Waals surface area contributed by atoms with Gasteiger partial charge in [-0.15, -0.1) is 0 Å². The molecule has 3 heteroatoms. The first-order valence-electron chi connectivity index (χ1n) is 7.63. The second kappa shape index (κ2) is 5.49. The van der Waals surface area contributed by atoms with Crippen LogP contribution in [-0.2, 0) is 17.6 Å². The number of hydrogen-bond acceptors (Lipinski definition) is 2. The third-order valence-corrected chi connectivity index (χ3v) is 4.52. The van der Waals surface area contributed by atoms with Gasteiger partial charge in [0.1, 0.15) is 0 Å². The van der Waals surface area contributed by atoms with E-state index in [4.69, 9.17) is 11.5 Å². The molecule has 1 amide bonds. The highest BCUT2D eigenvalue weighted by atomic mass is 16.1. The van der Waals surface area contributed by atoms with Crippen LogP contribution < -0.4 is 11.5 Å². The molecule has 2 atom stereocenters. The van der Waals surface area contributed by atoms with E-state index in [1.54, 1.807) is 0 Å². The summed E-state index contributed by atoms with van der Waals surface area (Å²) in [6, 6.07) is 10.8. The molecule has 0 fully saturated rings. The predicted octanol–water partition coefficient (Wildman–Crippen LogP) is 2.84. The summed E-state index contributed by atoms with van der Waals surface area (Å²) in [5.41, 5.74) is 15.7. The van der Waals surface area contributed by atoms with Crippen LogP contribution in [0.5, 0.6) is 0 Å². The van der Waals surface area contributed by atoms with Crippen molar-refractivity contribution in [3.05, 3.63) is 47.0 Å². The zero-order valence-corrected chi connectivity index (χ0v) is 12.4. The molecular formula is C18H22N2O. The number of aryl methyl sites for hydroxylation is 2. The van der Waals surface area contributed by atoms with E-state index in [1.165, 1.54) is 27.5 Å². The zero-order chi connectivity index (χ0) is 15.0. The highest BCUT2D eigenvalue weighted by molar-refractivity contribution is 5.93. The monoisotopic (exact) mass is 282 g/mol. The van der Waals surface area contributed by atoms with Crippen molar-refractivity contribution in [3.63, 3.8) is 0 Å². The Kier molecular flexibility index (Phi) is 3.68. The van der Waals surface area contributed by atoms with Crippen molar-refractivity contribution in [3.8, 4) is 0 Å². The normalized spacial score (nSPS) is 16.1. The SMILES string of the molecule is CC(CC(N)=O)CC(N)c1ccc2c3c(cccc13)CC2. The molecule has 2 aromatic carbocycles. The maximum absolute atomic E-state index is 11.0. The molecular weight excluding hydrogens is 260 g/mol. The summed E-state index contributed by atoms with van der Waals surface area (Å²) in [6.45, 7) is 2.03. The van der Waals surface area contributed by atoms with Gasteiger partial charge in [-0.3, -0.25) is 4.79 Å². The van der Waals surface area contributed by atoms with Crippen molar-refractivity contribution in [2.24, 2.45) is 17.4 Å². The number of hydrogen-bond donors (Lipinski definition) is 2. The Bertz CT molecular complexity index is 683. The molecule has 0 radical (unpaired) electrons. The van der Waals surface area contributed by atoms with Crippen molar-refractivity contribution < 1.29 is 4.79 Å². The van der Waals surface area contributed by atoms with E-state index in [1.807, 2.05) is 6.92 Å². The van der Waals surface area contributed by atoms with E-state index >= 15 is 0 Å². The average molecular weight is 282 g/mol. The Hall–Kier alpha value is -1.87. The molecule has 0 heterocycles. The summed E-state index contributed by atoms with van der Waals surface area (Å²) in [6.07, 6.45) is 3.43. The summed E-state index contributed by atoms with van der Waals surface area (Å²) in [4.78, 5) is 11.0. The van der Waals surface area contributed by atoms with Crippen LogP contribution in [-0.4, -0.2) is 5.91 Å². The quantitative estimate of drug-likeness (QED) is 0.885. The fourth-order valence-corrected chi connectivity index (χ4v) is 3.58. The first kappa shape index (κ1) is 14.1. The molecule has 4 N–H and O–H groups in total. The van der Waals surface area contributed by atoms with Crippen LogP contribution in [0.25, 0.3) is 10.8 Å². The van der Waals surface area contributed by atoms with Crippen molar-refractivity contribution in [1.29, 1.82) is 0 Å². The molecule has 3 rings (SSSR count). The molecule has 3 nitrogen and oxygen atoms in total. The summed E-state index contributed by atoms with van der Waals surface area (Å²) in [7, 11) is 0. The Morgan fingerprint density at radius 3 is 2.62 bits per heavy atom. The smallest absolute Gasteiger partial charge is 0.217 e. The molecule has 2 aromatic rings. The highest BCUT2D eigenvalue weighted by Crippen LogP contribution is 2.35. The summed E-state index contributed by atoms with van der Waals surface area (Å²) >= 11 is 0. The van der Waals surface area contributed by atoms with E-state index in [0.717, 1.165) is 19.3 Å². The van der Waals surface area contributed by atoms with Gasteiger partial charge in [0.25, 0.3) is 0 Å². The number of rotatable bonds is 5. The van der Waals surface area contributed by atoms with Crippen molar-refractivity contribution >= 4 is 16.7 Å². The van der Waals surface area contributed by atoms with Crippen LogP contribution in [0.3, 0.4) is 0 Å². The lowest BCUT2D eigenvalue weighted by Crippen LogP contribution is -2.19. The van der Waals surface area contributed by atoms with Crippen molar-refractivity contribution in [2.45, 2.75) is 38.6 Å². The van der Waals surface area contributed by atoms with Gasteiger partial charge in [0.2, 0.25) is 5.91 Å². The molecule has 1 aliphatic carbocycles. The maximum atomic E-state index is 11.0. The number of benzene rings is 2. The standard InChI is InChI=1S/C18H22N2O/c1-11(10-17(20)21)9-16(19)14-8-7-13-6-5-12-3-2-4-15(14)18(12)13/h2-4,7-8,11,16H,5-6,9-10,19H2,1H3,(H2,20,21). The zero-order valence-electron chi connectivity index (χ0n) is 12.4. The van der Waals surface area contributed by atoms with Gasteiger partial charge in [-0.25, -0.2) is 0 Å². The minimum absolute atomic E-state index is 0.0516. The average Bonchev–Trinajstić information content (AvgIpc) is 2.83. The summed E-state index contributed by atoms with van der Waals surface area (Å²) in [5, 5.41) is 2.68. The topological polar surface area (TPSA) is 69.1 Å². The largest absolute Gasteiger partial charge is 0.370 e. The second-order valence-corrected chi connectivity index (χ2v) is 6.27. The van der Waals surface area contributed by atoms with Crippen molar-refractivity contribution in [1.82, 2.24) is 0 Å². The van der Waals surface area contributed by atoms with Crippen LogP contribution in [0.15, 0.2) is 30.3 Å². The van der Waals surface area contributed by atoms with E-state index in [2.05, 4.69) is 30.3 Å². The third kappa shape index (κ3) is 2.66. The van der Waals surface area contributed by atoms with Gasteiger partial charge < -0.3 is 11.5 Å². The van der Waals surface area contributed by atoms with E-state index in [0.29, 0.717) is 6.42 Å². The highest BCUT2D eigenvalue weighted by Gasteiger charge is 2.20. The molecule has 0 saturated heterocycles. The first-order valence-corrected chi connectivity index (χ1v) is 7.63. The van der Waals surface area contributed by atoms with Crippen LogP contribution in [0.1, 0.15) is 42.5 Å². The number of nitrogens with two attached hydrogens (primary N) is 2. The minimum Gasteiger partial charge on any atom is -0.370 e. The van der Waals surface area contributed by atoms with Crippen molar-refractivity contribution in [2.75, 3.05) is 0 Å². The first-order chi connectivity index (χ1) is 10.1. The minimum atomic E-state index is -0.255. The van der Waals surface area contributed by atoms with Gasteiger partial charge in [0.05, 0.1) is 0 Å². The third-order valence-electron chi connectivity index (χ3n) is 4.52. The van der Waals surface area contributed by atoms with Gasteiger partial charge in [-0.1, -0.05) is 37.3 Å². The number of carbonyl (C=O) groups is 1. The Morgan fingerprint density at radius 1 is 1.19 bits per heavy atom. The fraction of sp³-hybridized carbons (Fsp3) is 0.389. The van der Waals surface area contributed by atoms with Gasteiger partial charge in [0.15, 0.2) is 0 Å². The molecule has 21 heavy (non-hydrogen) atoms. The van der Waals surface area contributed by atoms with Crippen LogP contribution in [0, 0.1) is 5.92 Å². The Morgan fingerprint density at radius 2 is 1.90 bits per heavy atom. The van der Waals surface area contributed by atoms with Gasteiger partial charge >= 0.3 is 0 Å².